The maximum atomic E-state index is 5.86. The fourth-order valence-corrected chi connectivity index (χ4v) is 2.37. The van der Waals surface area contributed by atoms with E-state index in [-0.39, 0.29) is 0 Å². The second-order valence-electron chi connectivity index (χ2n) is 3.42. The standard InChI is InChI=1S/C12H13ClN2S/c1-3-16-11-8-14-12(15(11)2)9-4-6-10(13)7-5-9/h4-8H,3H2,1-2H3. The number of imidazole rings is 1. The first-order valence-corrected chi connectivity index (χ1v) is 6.49. The summed E-state index contributed by atoms with van der Waals surface area (Å²) in [4.78, 5) is 4.43. The molecule has 0 aliphatic carbocycles. The van der Waals surface area contributed by atoms with Gasteiger partial charge in [-0.2, -0.15) is 0 Å². The van der Waals surface area contributed by atoms with Crippen LogP contribution in [0.15, 0.2) is 35.5 Å². The van der Waals surface area contributed by atoms with Crippen LogP contribution in [0.5, 0.6) is 0 Å². The molecule has 0 atom stereocenters. The van der Waals surface area contributed by atoms with Crippen molar-refractivity contribution in [1.29, 1.82) is 0 Å². The lowest BCUT2D eigenvalue weighted by atomic mass is 10.2. The number of hydrogen-bond acceptors (Lipinski definition) is 2. The van der Waals surface area contributed by atoms with Gasteiger partial charge in [-0.3, -0.25) is 0 Å². The van der Waals surface area contributed by atoms with Gasteiger partial charge >= 0.3 is 0 Å². The first kappa shape index (κ1) is 11.6. The first-order valence-electron chi connectivity index (χ1n) is 5.13. The summed E-state index contributed by atoms with van der Waals surface area (Å²) in [5, 5.41) is 1.94. The van der Waals surface area contributed by atoms with Crippen LogP contribution in [0.4, 0.5) is 0 Å². The Hall–Kier alpha value is -0.930. The normalized spacial score (nSPS) is 10.7. The summed E-state index contributed by atoms with van der Waals surface area (Å²) in [6, 6.07) is 7.76. The lowest BCUT2D eigenvalue weighted by Gasteiger charge is -2.04. The van der Waals surface area contributed by atoms with Crippen molar-refractivity contribution in [1.82, 2.24) is 9.55 Å². The Bertz CT molecular complexity index is 476. The molecule has 0 spiro atoms. The topological polar surface area (TPSA) is 17.8 Å². The van der Waals surface area contributed by atoms with E-state index in [0.29, 0.717) is 0 Å². The van der Waals surface area contributed by atoms with Crippen LogP contribution >= 0.6 is 23.4 Å². The predicted octanol–water partition coefficient (Wildman–Crippen LogP) is 3.85. The fraction of sp³-hybridized carbons (Fsp3) is 0.250. The monoisotopic (exact) mass is 252 g/mol. The van der Waals surface area contributed by atoms with Gasteiger partial charge in [-0.1, -0.05) is 18.5 Å². The van der Waals surface area contributed by atoms with Gasteiger partial charge in [0.25, 0.3) is 0 Å². The second kappa shape index (κ2) is 4.93. The molecule has 0 fully saturated rings. The minimum Gasteiger partial charge on any atom is -0.322 e. The van der Waals surface area contributed by atoms with Gasteiger partial charge in [-0.05, 0) is 30.0 Å². The molecular formula is C12H13ClN2S. The van der Waals surface area contributed by atoms with Crippen molar-refractivity contribution in [3.63, 3.8) is 0 Å². The third kappa shape index (κ3) is 2.25. The summed E-state index contributed by atoms with van der Waals surface area (Å²) in [5.74, 6) is 2.03. The third-order valence-electron chi connectivity index (χ3n) is 2.34. The fourth-order valence-electron chi connectivity index (χ4n) is 1.54. The van der Waals surface area contributed by atoms with Gasteiger partial charge in [0.2, 0.25) is 0 Å². The number of thioether (sulfide) groups is 1. The van der Waals surface area contributed by atoms with Crippen molar-refractivity contribution in [2.75, 3.05) is 5.75 Å². The van der Waals surface area contributed by atoms with E-state index in [0.717, 1.165) is 22.2 Å². The number of benzene rings is 1. The van der Waals surface area contributed by atoms with Gasteiger partial charge in [-0.15, -0.1) is 11.8 Å². The van der Waals surface area contributed by atoms with E-state index in [1.807, 2.05) is 37.5 Å². The highest BCUT2D eigenvalue weighted by molar-refractivity contribution is 7.99. The van der Waals surface area contributed by atoms with Crippen LogP contribution in [0.25, 0.3) is 11.4 Å². The highest BCUT2D eigenvalue weighted by Gasteiger charge is 2.08. The molecular weight excluding hydrogens is 240 g/mol. The molecule has 2 aromatic rings. The first-order chi connectivity index (χ1) is 7.72. The summed E-state index contributed by atoms with van der Waals surface area (Å²) in [5.41, 5.74) is 1.09. The highest BCUT2D eigenvalue weighted by atomic mass is 35.5. The Labute approximate surface area is 105 Å². The van der Waals surface area contributed by atoms with E-state index in [1.54, 1.807) is 11.8 Å². The van der Waals surface area contributed by atoms with Crippen LogP contribution in [0.2, 0.25) is 5.02 Å². The Morgan fingerprint density at radius 1 is 1.31 bits per heavy atom. The molecule has 0 amide bonds. The van der Waals surface area contributed by atoms with Gasteiger partial charge in [0.15, 0.2) is 0 Å². The van der Waals surface area contributed by atoms with Crippen LogP contribution < -0.4 is 0 Å². The zero-order valence-electron chi connectivity index (χ0n) is 9.27. The summed E-state index contributed by atoms with van der Waals surface area (Å²) >= 11 is 7.66. The van der Waals surface area contributed by atoms with E-state index in [1.165, 1.54) is 5.03 Å². The van der Waals surface area contributed by atoms with E-state index in [4.69, 9.17) is 11.6 Å². The van der Waals surface area contributed by atoms with Crippen LogP contribution in [0, 0.1) is 0 Å². The summed E-state index contributed by atoms with van der Waals surface area (Å²) in [7, 11) is 2.04. The third-order valence-corrected chi connectivity index (χ3v) is 3.56. The number of rotatable bonds is 3. The molecule has 0 aliphatic heterocycles. The van der Waals surface area contributed by atoms with Crippen LogP contribution in [0.1, 0.15) is 6.92 Å². The molecule has 84 valence electrons. The maximum absolute atomic E-state index is 5.86. The van der Waals surface area contributed by atoms with Gasteiger partial charge in [0, 0.05) is 17.6 Å². The average Bonchev–Trinajstić information content (AvgIpc) is 2.63. The Morgan fingerprint density at radius 3 is 2.62 bits per heavy atom. The zero-order valence-corrected chi connectivity index (χ0v) is 10.8. The molecule has 16 heavy (non-hydrogen) atoms. The Balaban J connectivity index is 2.37. The Kier molecular flexibility index (Phi) is 3.56. The van der Waals surface area contributed by atoms with Crippen LogP contribution in [-0.2, 0) is 7.05 Å². The van der Waals surface area contributed by atoms with Crippen LogP contribution in [-0.4, -0.2) is 15.3 Å². The van der Waals surface area contributed by atoms with E-state index in [2.05, 4.69) is 16.5 Å². The maximum Gasteiger partial charge on any atom is 0.140 e. The lowest BCUT2D eigenvalue weighted by molar-refractivity contribution is 0.834. The average molecular weight is 253 g/mol. The molecule has 4 heteroatoms. The van der Waals surface area contributed by atoms with Crippen molar-refractivity contribution in [2.45, 2.75) is 11.9 Å². The minimum absolute atomic E-state index is 0.751. The summed E-state index contributed by atoms with van der Waals surface area (Å²) < 4.78 is 2.11. The molecule has 0 N–H and O–H groups in total. The smallest absolute Gasteiger partial charge is 0.140 e. The van der Waals surface area contributed by atoms with E-state index < -0.39 is 0 Å². The largest absolute Gasteiger partial charge is 0.322 e. The molecule has 0 saturated carbocycles. The van der Waals surface area contributed by atoms with E-state index in [9.17, 15) is 0 Å². The van der Waals surface area contributed by atoms with Gasteiger partial charge in [0.05, 0.1) is 11.2 Å². The van der Waals surface area contributed by atoms with Gasteiger partial charge in [-0.25, -0.2) is 4.98 Å². The van der Waals surface area contributed by atoms with Crippen molar-refractivity contribution >= 4 is 23.4 Å². The molecule has 1 aromatic carbocycles. The number of halogens is 1. The molecule has 0 saturated heterocycles. The Morgan fingerprint density at radius 2 is 2.00 bits per heavy atom. The van der Waals surface area contributed by atoms with Crippen molar-refractivity contribution < 1.29 is 0 Å². The summed E-state index contributed by atoms with van der Waals surface area (Å²) in [6.45, 7) is 2.14. The molecule has 1 heterocycles. The summed E-state index contributed by atoms with van der Waals surface area (Å²) in [6.07, 6.45) is 1.91. The number of aromatic nitrogens is 2. The van der Waals surface area contributed by atoms with Crippen molar-refractivity contribution in [2.24, 2.45) is 7.05 Å². The highest BCUT2D eigenvalue weighted by Crippen LogP contribution is 2.25. The van der Waals surface area contributed by atoms with Crippen molar-refractivity contribution in [3.8, 4) is 11.4 Å². The van der Waals surface area contributed by atoms with Crippen LogP contribution in [0.3, 0.4) is 0 Å². The quantitative estimate of drug-likeness (QED) is 0.773. The zero-order chi connectivity index (χ0) is 11.5. The second-order valence-corrected chi connectivity index (χ2v) is 5.14. The molecule has 0 radical (unpaired) electrons. The number of nitrogens with zero attached hydrogens (tertiary/aromatic N) is 2. The lowest BCUT2D eigenvalue weighted by Crippen LogP contribution is -1.94. The van der Waals surface area contributed by atoms with Gasteiger partial charge in [0.1, 0.15) is 5.82 Å². The predicted molar refractivity (Wildman–Crippen MR) is 70.1 cm³/mol. The van der Waals surface area contributed by atoms with E-state index >= 15 is 0 Å². The molecule has 0 unspecified atom stereocenters. The van der Waals surface area contributed by atoms with Crippen molar-refractivity contribution in [3.05, 3.63) is 35.5 Å². The number of hydrogen-bond donors (Lipinski definition) is 0. The van der Waals surface area contributed by atoms with Gasteiger partial charge < -0.3 is 4.57 Å². The molecule has 2 nitrogen and oxygen atoms in total. The SMILES string of the molecule is CCSc1cnc(-c2ccc(Cl)cc2)n1C. The molecule has 0 bridgehead atoms. The molecule has 1 aromatic heterocycles. The molecule has 0 aliphatic rings. The molecule has 2 rings (SSSR count). The minimum atomic E-state index is 0.751.